The van der Waals surface area contributed by atoms with Gasteiger partial charge in [0.25, 0.3) is 0 Å². The predicted molar refractivity (Wildman–Crippen MR) is 140 cm³/mol. The molecule has 0 aliphatic heterocycles. The quantitative estimate of drug-likeness (QED) is 0.226. The van der Waals surface area contributed by atoms with E-state index in [0.717, 1.165) is 34.5 Å². The Morgan fingerprint density at radius 1 is 0.636 bits per heavy atom. The maximum absolute atomic E-state index is 5.03. The van der Waals surface area contributed by atoms with Crippen molar-refractivity contribution >= 4 is 11.0 Å². The summed E-state index contributed by atoms with van der Waals surface area (Å²) in [7, 11) is 0. The van der Waals surface area contributed by atoms with Gasteiger partial charge < -0.3 is 0 Å². The lowest BCUT2D eigenvalue weighted by Crippen LogP contribution is -1.97. The summed E-state index contributed by atoms with van der Waals surface area (Å²) in [5.41, 5.74) is 8.31. The molecule has 0 atom stereocenters. The number of rotatable bonds is 8. The first kappa shape index (κ1) is 21.2. The first-order chi connectivity index (χ1) is 16.3. The zero-order valence-electron chi connectivity index (χ0n) is 19.2. The molecule has 5 rings (SSSR count). The summed E-state index contributed by atoms with van der Waals surface area (Å²) >= 11 is 0. The third-order valence-electron chi connectivity index (χ3n) is 6.28. The van der Waals surface area contributed by atoms with Crippen LogP contribution in [0.5, 0.6) is 0 Å². The molecule has 0 unspecified atom stereocenters. The van der Waals surface area contributed by atoms with E-state index in [1.54, 1.807) is 0 Å². The molecular formula is C31H30N2. The number of aromatic nitrogens is 2. The van der Waals surface area contributed by atoms with Crippen LogP contribution in [0.3, 0.4) is 0 Å². The molecule has 0 aliphatic rings. The second-order valence-corrected chi connectivity index (χ2v) is 8.69. The first-order valence-electron chi connectivity index (χ1n) is 12.1. The fourth-order valence-corrected chi connectivity index (χ4v) is 4.56. The Hall–Kier alpha value is -3.65. The van der Waals surface area contributed by atoms with Crippen LogP contribution < -0.4 is 0 Å². The van der Waals surface area contributed by atoms with Crippen LogP contribution in [-0.2, 0) is 6.42 Å². The monoisotopic (exact) mass is 430 g/mol. The molecule has 1 aromatic heterocycles. The Kier molecular flexibility index (Phi) is 6.34. The Bertz CT molecular complexity index is 1350. The molecular weight excluding hydrogens is 400 g/mol. The van der Waals surface area contributed by atoms with E-state index in [9.17, 15) is 0 Å². The highest BCUT2D eigenvalue weighted by molar-refractivity contribution is 5.84. The standard InChI is InChI=1S/C31H30N2/c1-2-3-4-6-13-24-14-11-15-25(22-24)26-16-12-17-27(23-26)31-32-29-20-9-10-21-30(29)33(31)28-18-7-5-8-19-28/h5,7-12,14-23H,2-4,6,13H2,1H3. The average molecular weight is 431 g/mol. The summed E-state index contributed by atoms with van der Waals surface area (Å²) < 4.78 is 2.26. The summed E-state index contributed by atoms with van der Waals surface area (Å²) in [6.07, 6.45) is 6.33. The Morgan fingerprint density at radius 2 is 1.36 bits per heavy atom. The lowest BCUT2D eigenvalue weighted by atomic mass is 9.98. The fourth-order valence-electron chi connectivity index (χ4n) is 4.56. The molecule has 0 saturated carbocycles. The minimum absolute atomic E-state index is 0.972. The third kappa shape index (κ3) is 4.61. The van der Waals surface area contributed by atoms with Crippen LogP contribution in [0.4, 0.5) is 0 Å². The number of nitrogens with zero attached hydrogens (tertiary/aromatic N) is 2. The van der Waals surface area contributed by atoms with Gasteiger partial charge in [-0.3, -0.25) is 4.57 Å². The summed E-state index contributed by atoms with van der Waals surface area (Å²) in [6, 6.07) is 36.7. The molecule has 0 aliphatic carbocycles. The Morgan fingerprint density at radius 3 is 2.21 bits per heavy atom. The second-order valence-electron chi connectivity index (χ2n) is 8.69. The molecule has 4 aromatic carbocycles. The highest BCUT2D eigenvalue weighted by Crippen LogP contribution is 2.31. The minimum Gasteiger partial charge on any atom is -0.292 e. The van der Waals surface area contributed by atoms with Crippen molar-refractivity contribution in [2.45, 2.75) is 39.0 Å². The molecule has 33 heavy (non-hydrogen) atoms. The van der Waals surface area contributed by atoms with Crippen LogP contribution in [0.25, 0.3) is 39.2 Å². The van der Waals surface area contributed by atoms with Crippen LogP contribution in [0.2, 0.25) is 0 Å². The van der Waals surface area contributed by atoms with Crippen molar-refractivity contribution in [3.63, 3.8) is 0 Å². The van der Waals surface area contributed by atoms with Gasteiger partial charge in [-0.1, -0.05) is 99.0 Å². The summed E-state index contributed by atoms with van der Waals surface area (Å²) in [4.78, 5) is 5.03. The molecule has 0 bridgehead atoms. The SMILES string of the molecule is CCCCCCc1cccc(-c2cccc(-c3nc4ccccc4n3-c3ccccc3)c2)c1. The van der Waals surface area contributed by atoms with Crippen molar-refractivity contribution in [1.82, 2.24) is 9.55 Å². The van der Waals surface area contributed by atoms with E-state index in [1.807, 2.05) is 0 Å². The number of para-hydroxylation sites is 3. The summed E-state index contributed by atoms with van der Waals surface area (Å²) in [5, 5.41) is 0. The van der Waals surface area contributed by atoms with Gasteiger partial charge in [-0.2, -0.15) is 0 Å². The van der Waals surface area contributed by atoms with E-state index in [4.69, 9.17) is 4.98 Å². The molecule has 5 aromatic rings. The third-order valence-corrected chi connectivity index (χ3v) is 6.28. The van der Waals surface area contributed by atoms with E-state index in [-0.39, 0.29) is 0 Å². The van der Waals surface area contributed by atoms with Crippen LogP contribution >= 0.6 is 0 Å². The number of aryl methyl sites for hydroxylation is 1. The van der Waals surface area contributed by atoms with E-state index < -0.39 is 0 Å². The number of imidazole rings is 1. The number of hydrogen-bond donors (Lipinski definition) is 0. The maximum Gasteiger partial charge on any atom is 0.145 e. The minimum atomic E-state index is 0.972. The molecule has 0 saturated heterocycles. The van der Waals surface area contributed by atoms with Gasteiger partial charge in [-0.15, -0.1) is 0 Å². The van der Waals surface area contributed by atoms with Crippen molar-refractivity contribution in [3.05, 3.63) is 109 Å². The normalized spacial score (nSPS) is 11.2. The van der Waals surface area contributed by atoms with Crippen molar-refractivity contribution in [2.75, 3.05) is 0 Å². The van der Waals surface area contributed by atoms with Gasteiger partial charge >= 0.3 is 0 Å². The lowest BCUT2D eigenvalue weighted by molar-refractivity contribution is 0.667. The van der Waals surface area contributed by atoms with Gasteiger partial charge in [-0.05, 0) is 59.9 Å². The molecule has 164 valence electrons. The average Bonchev–Trinajstić information content (AvgIpc) is 3.27. The lowest BCUT2D eigenvalue weighted by Gasteiger charge is -2.11. The van der Waals surface area contributed by atoms with Crippen LogP contribution in [0.15, 0.2) is 103 Å². The number of unbranched alkanes of at least 4 members (excludes halogenated alkanes) is 3. The highest BCUT2D eigenvalue weighted by Gasteiger charge is 2.14. The van der Waals surface area contributed by atoms with Gasteiger partial charge in [0.15, 0.2) is 0 Å². The zero-order valence-corrected chi connectivity index (χ0v) is 19.2. The molecule has 0 fully saturated rings. The molecule has 2 heteroatoms. The Balaban J connectivity index is 1.53. The van der Waals surface area contributed by atoms with Gasteiger partial charge in [0.2, 0.25) is 0 Å². The number of benzene rings is 4. The smallest absolute Gasteiger partial charge is 0.145 e. The molecule has 0 spiro atoms. The van der Waals surface area contributed by atoms with Crippen molar-refractivity contribution in [1.29, 1.82) is 0 Å². The van der Waals surface area contributed by atoms with Gasteiger partial charge in [-0.25, -0.2) is 4.98 Å². The zero-order chi connectivity index (χ0) is 22.5. The Labute approximate surface area is 196 Å². The maximum atomic E-state index is 5.03. The van der Waals surface area contributed by atoms with Crippen molar-refractivity contribution < 1.29 is 0 Å². The molecule has 2 nitrogen and oxygen atoms in total. The predicted octanol–water partition coefficient (Wildman–Crippen LogP) is 8.48. The van der Waals surface area contributed by atoms with Crippen LogP contribution in [0.1, 0.15) is 38.2 Å². The van der Waals surface area contributed by atoms with Crippen LogP contribution in [-0.4, -0.2) is 9.55 Å². The summed E-state index contributed by atoms with van der Waals surface area (Å²) in [6.45, 7) is 2.26. The van der Waals surface area contributed by atoms with Crippen molar-refractivity contribution in [2.24, 2.45) is 0 Å². The van der Waals surface area contributed by atoms with Crippen molar-refractivity contribution in [3.8, 4) is 28.2 Å². The van der Waals surface area contributed by atoms with Gasteiger partial charge in [0.05, 0.1) is 11.0 Å². The molecule has 1 heterocycles. The molecule has 0 N–H and O–H groups in total. The van der Waals surface area contributed by atoms with E-state index in [2.05, 4.69) is 115 Å². The van der Waals surface area contributed by atoms with Crippen LogP contribution in [0, 0.1) is 0 Å². The summed E-state index contributed by atoms with van der Waals surface area (Å²) in [5.74, 6) is 0.972. The van der Waals surface area contributed by atoms with Gasteiger partial charge in [0.1, 0.15) is 5.82 Å². The number of fused-ring (bicyclic) bond motifs is 1. The topological polar surface area (TPSA) is 17.8 Å². The molecule has 0 radical (unpaired) electrons. The fraction of sp³-hybridized carbons (Fsp3) is 0.194. The van der Waals surface area contributed by atoms with E-state index in [0.29, 0.717) is 0 Å². The largest absolute Gasteiger partial charge is 0.292 e. The van der Waals surface area contributed by atoms with Gasteiger partial charge in [0, 0.05) is 11.3 Å². The number of hydrogen-bond acceptors (Lipinski definition) is 1. The second kappa shape index (κ2) is 9.87. The first-order valence-corrected chi connectivity index (χ1v) is 12.1. The highest BCUT2D eigenvalue weighted by atomic mass is 15.1. The molecule has 0 amide bonds. The van der Waals surface area contributed by atoms with E-state index in [1.165, 1.54) is 42.4 Å². The van der Waals surface area contributed by atoms with E-state index >= 15 is 0 Å².